The number of aromatic amines is 1. The first-order chi connectivity index (χ1) is 10.4. The number of hydrogen-bond acceptors (Lipinski definition) is 4. The zero-order valence-electron chi connectivity index (χ0n) is 11.3. The van der Waals surface area contributed by atoms with Crippen LogP contribution in [-0.4, -0.2) is 17.9 Å². The molecular formula is C13H11BrF2N4O2. The van der Waals surface area contributed by atoms with E-state index in [0.29, 0.717) is 4.47 Å². The zero-order valence-corrected chi connectivity index (χ0v) is 12.8. The van der Waals surface area contributed by atoms with E-state index < -0.39 is 28.8 Å². The molecule has 22 heavy (non-hydrogen) atoms. The quantitative estimate of drug-likeness (QED) is 0.618. The number of aromatic nitrogens is 1. The highest BCUT2D eigenvalue weighted by molar-refractivity contribution is 9.10. The van der Waals surface area contributed by atoms with Gasteiger partial charge in [-0.05, 0) is 18.2 Å². The second kappa shape index (κ2) is 6.67. The molecule has 0 spiro atoms. The minimum absolute atomic E-state index is 0.0776. The smallest absolute Gasteiger partial charge is 0.286 e. The number of pyridine rings is 1. The molecule has 1 aromatic heterocycles. The van der Waals surface area contributed by atoms with Gasteiger partial charge in [-0.15, -0.1) is 0 Å². The summed E-state index contributed by atoms with van der Waals surface area (Å²) in [7, 11) is 1.45. The van der Waals surface area contributed by atoms with E-state index in [4.69, 9.17) is 0 Å². The topological polar surface area (TPSA) is 86.0 Å². The predicted molar refractivity (Wildman–Crippen MR) is 80.9 cm³/mol. The SMILES string of the molecule is CNNC(=O)c1c[nH]c(=O)c(F)c1Nc1ccc(Br)cc1F. The monoisotopic (exact) mass is 372 g/mol. The van der Waals surface area contributed by atoms with Gasteiger partial charge in [0.1, 0.15) is 5.82 Å². The second-order valence-corrected chi connectivity index (χ2v) is 5.09. The number of carbonyl (C=O) groups excluding carboxylic acids is 1. The molecule has 1 aromatic carbocycles. The lowest BCUT2D eigenvalue weighted by Crippen LogP contribution is -2.35. The van der Waals surface area contributed by atoms with Crippen molar-refractivity contribution in [1.29, 1.82) is 0 Å². The van der Waals surface area contributed by atoms with Gasteiger partial charge in [0.2, 0.25) is 5.82 Å². The van der Waals surface area contributed by atoms with Gasteiger partial charge < -0.3 is 10.3 Å². The molecule has 116 valence electrons. The number of nitrogens with one attached hydrogen (secondary N) is 4. The molecular weight excluding hydrogens is 362 g/mol. The Morgan fingerprint density at radius 1 is 1.32 bits per heavy atom. The van der Waals surface area contributed by atoms with E-state index in [1.807, 2.05) is 0 Å². The lowest BCUT2D eigenvalue weighted by atomic mass is 10.2. The van der Waals surface area contributed by atoms with Crippen molar-refractivity contribution in [3.05, 3.63) is 56.4 Å². The third-order valence-corrected chi connectivity index (χ3v) is 3.20. The Morgan fingerprint density at radius 2 is 2.05 bits per heavy atom. The molecule has 0 saturated heterocycles. The molecule has 1 amide bonds. The summed E-state index contributed by atoms with van der Waals surface area (Å²) in [6, 6.07) is 4.05. The molecule has 2 aromatic rings. The molecule has 0 radical (unpaired) electrons. The van der Waals surface area contributed by atoms with Gasteiger partial charge in [-0.1, -0.05) is 15.9 Å². The summed E-state index contributed by atoms with van der Waals surface area (Å²) in [5.74, 6) is -2.59. The van der Waals surface area contributed by atoms with Crippen LogP contribution in [0.1, 0.15) is 10.4 Å². The first-order valence-electron chi connectivity index (χ1n) is 6.04. The van der Waals surface area contributed by atoms with Crippen molar-refractivity contribution in [3.63, 3.8) is 0 Å². The van der Waals surface area contributed by atoms with Crippen LogP contribution in [-0.2, 0) is 0 Å². The number of rotatable bonds is 4. The first-order valence-corrected chi connectivity index (χ1v) is 6.83. The summed E-state index contributed by atoms with van der Waals surface area (Å²) in [5, 5.41) is 2.44. The number of hydrazine groups is 1. The van der Waals surface area contributed by atoms with E-state index in [-0.39, 0.29) is 11.3 Å². The number of benzene rings is 1. The molecule has 0 aliphatic rings. The number of halogens is 3. The van der Waals surface area contributed by atoms with Crippen LogP contribution in [0.4, 0.5) is 20.2 Å². The molecule has 2 rings (SSSR count). The number of hydrogen-bond donors (Lipinski definition) is 4. The van der Waals surface area contributed by atoms with Crippen LogP contribution in [0.3, 0.4) is 0 Å². The normalized spacial score (nSPS) is 10.4. The summed E-state index contributed by atoms with van der Waals surface area (Å²) in [5.41, 5.74) is 2.92. The van der Waals surface area contributed by atoms with Gasteiger partial charge in [0.15, 0.2) is 0 Å². The summed E-state index contributed by atoms with van der Waals surface area (Å²) >= 11 is 3.10. The highest BCUT2D eigenvalue weighted by Crippen LogP contribution is 2.26. The maximum absolute atomic E-state index is 14.0. The molecule has 0 bridgehead atoms. The zero-order chi connectivity index (χ0) is 16.3. The van der Waals surface area contributed by atoms with E-state index in [9.17, 15) is 18.4 Å². The molecule has 6 nitrogen and oxygen atoms in total. The van der Waals surface area contributed by atoms with Gasteiger partial charge in [0, 0.05) is 17.7 Å². The Labute approximate surface area is 132 Å². The van der Waals surface area contributed by atoms with Crippen LogP contribution in [0, 0.1) is 11.6 Å². The fourth-order valence-corrected chi connectivity index (χ4v) is 2.05. The third-order valence-electron chi connectivity index (χ3n) is 2.71. The van der Waals surface area contributed by atoms with E-state index in [1.54, 1.807) is 0 Å². The highest BCUT2D eigenvalue weighted by atomic mass is 79.9. The van der Waals surface area contributed by atoms with E-state index in [1.165, 1.54) is 25.2 Å². The molecule has 1 heterocycles. The van der Waals surface area contributed by atoms with Gasteiger partial charge >= 0.3 is 0 Å². The van der Waals surface area contributed by atoms with Gasteiger partial charge in [0.05, 0.1) is 16.9 Å². The molecule has 0 saturated carbocycles. The molecule has 0 aliphatic heterocycles. The Morgan fingerprint density at radius 3 is 2.68 bits per heavy atom. The Bertz CT molecular complexity index is 779. The van der Waals surface area contributed by atoms with E-state index in [2.05, 4.69) is 37.1 Å². The van der Waals surface area contributed by atoms with Crippen molar-refractivity contribution >= 4 is 33.2 Å². The van der Waals surface area contributed by atoms with Crippen molar-refractivity contribution in [2.24, 2.45) is 0 Å². The number of carbonyl (C=O) groups is 1. The van der Waals surface area contributed by atoms with Crippen molar-refractivity contribution in [3.8, 4) is 0 Å². The summed E-state index contributed by atoms with van der Waals surface area (Å²) in [6.07, 6.45) is 1.04. The third kappa shape index (κ3) is 3.31. The van der Waals surface area contributed by atoms with Crippen LogP contribution < -0.4 is 21.7 Å². The molecule has 9 heteroatoms. The van der Waals surface area contributed by atoms with Gasteiger partial charge in [-0.2, -0.15) is 4.39 Å². The van der Waals surface area contributed by atoms with E-state index >= 15 is 0 Å². The largest absolute Gasteiger partial charge is 0.350 e. The summed E-state index contributed by atoms with van der Waals surface area (Å²) in [4.78, 5) is 25.3. The van der Waals surface area contributed by atoms with Crippen molar-refractivity contribution < 1.29 is 13.6 Å². The maximum atomic E-state index is 14.0. The van der Waals surface area contributed by atoms with Crippen LogP contribution in [0.25, 0.3) is 0 Å². The predicted octanol–water partition coefficient (Wildman–Crippen LogP) is 2.02. The standard InChI is InChI=1S/C13H11BrF2N4O2/c1-17-20-12(21)7-5-18-13(22)10(16)11(7)19-9-3-2-6(14)4-8(9)15/h2-5,17H,1H3,(H,20,21)(H2,18,19,22). The minimum Gasteiger partial charge on any atom is -0.350 e. The van der Waals surface area contributed by atoms with Gasteiger partial charge in [0.25, 0.3) is 11.5 Å². The molecule has 4 N–H and O–H groups in total. The Balaban J connectivity index is 2.50. The number of anilines is 2. The molecule has 0 atom stereocenters. The van der Waals surface area contributed by atoms with Gasteiger partial charge in [-0.25, -0.2) is 9.82 Å². The van der Waals surface area contributed by atoms with Crippen LogP contribution in [0.2, 0.25) is 0 Å². The van der Waals surface area contributed by atoms with Crippen LogP contribution in [0.5, 0.6) is 0 Å². The Kier molecular flexibility index (Phi) is 4.88. The number of amides is 1. The molecule has 0 unspecified atom stereocenters. The summed E-state index contributed by atoms with van der Waals surface area (Å²) < 4.78 is 28.4. The highest BCUT2D eigenvalue weighted by Gasteiger charge is 2.19. The Hall–Kier alpha value is -2.26. The lowest BCUT2D eigenvalue weighted by Gasteiger charge is -2.13. The first kappa shape index (κ1) is 16.1. The summed E-state index contributed by atoms with van der Waals surface area (Å²) in [6.45, 7) is 0. The lowest BCUT2D eigenvalue weighted by molar-refractivity contribution is 0.0938. The van der Waals surface area contributed by atoms with Gasteiger partial charge in [-0.3, -0.25) is 15.0 Å². The average Bonchev–Trinajstić information content (AvgIpc) is 2.46. The maximum Gasteiger partial charge on any atom is 0.286 e. The van der Waals surface area contributed by atoms with Crippen LogP contribution >= 0.6 is 15.9 Å². The second-order valence-electron chi connectivity index (χ2n) is 4.17. The molecule has 0 fully saturated rings. The van der Waals surface area contributed by atoms with Crippen molar-refractivity contribution in [1.82, 2.24) is 15.8 Å². The fourth-order valence-electron chi connectivity index (χ4n) is 1.71. The van der Waals surface area contributed by atoms with Crippen molar-refractivity contribution in [2.45, 2.75) is 0 Å². The molecule has 0 aliphatic carbocycles. The minimum atomic E-state index is -1.22. The van der Waals surface area contributed by atoms with E-state index in [0.717, 1.165) is 6.20 Å². The average molecular weight is 373 g/mol. The number of H-pyrrole nitrogens is 1. The van der Waals surface area contributed by atoms with Crippen molar-refractivity contribution in [2.75, 3.05) is 12.4 Å². The fraction of sp³-hybridized carbons (Fsp3) is 0.0769. The van der Waals surface area contributed by atoms with Crippen LogP contribution in [0.15, 0.2) is 33.7 Å².